The van der Waals surface area contributed by atoms with Gasteiger partial charge in [0.25, 0.3) is 5.91 Å². The summed E-state index contributed by atoms with van der Waals surface area (Å²) in [7, 11) is 3.49. The molecule has 2 N–H and O–H groups in total. The summed E-state index contributed by atoms with van der Waals surface area (Å²) in [6, 6.07) is 8.55. The summed E-state index contributed by atoms with van der Waals surface area (Å²) in [5.74, 6) is -0.130. The van der Waals surface area contributed by atoms with Crippen molar-refractivity contribution in [2.45, 2.75) is 46.3 Å². The smallest absolute Gasteiger partial charge is 0.251 e. The van der Waals surface area contributed by atoms with Crippen LogP contribution < -0.4 is 26.0 Å². The molecule has 0 spiro atoms. The monoisotopic (exact) mass is 643 g/mol. The summed E-state index contributed by atoms with van der Waals surface area (Å²) < 4.78 is 7.88. The fourth-order valence-electron chi connectivity index (χ4n) is 5.38. The van der Waals surface area contributed by atoms with Crippen molar-refractivity contribution >= 4 is 46.4 Å². The van der Waals surface area contributed by atoms with E-state index in [0.717, 1.165) is 40.0 Å². The molecule has 2 aliphatic rings. The molecule has 1 saturated heterocycles. The molecule has 0 radical (unpaired) electrons. The van der Waals surface area contributed by atoms with Gasteiger partial charge in [0.05, 0.1) is 29.8 Å². The summed E-state index contributed by atoms with van der Waals surface area (Å²) >= 11 is 0.936. The fraction of sp³-hybridized carbons (Fsp3) is 0.353. The number of likely N-dealkylation sites (tertiary alicyclic amines) is 1. The Hall–Kier alpha value is -4.71. The molecule has 1 aliphatic carbocycles. The van der Waals surface area contributed by atoms with E-state index in [1.54, 1.807) is 53.3 Å². The Labute approximate surface area is 273 Å². The van der Waals surface area contributed by atoms with E-state index in [0.29, 0.717) is 40.8 Å². The van der Waals surface area contributed by atoms with Crippen molar-refractivity contribution in [3.63, 3.8) is 0 Å². The second-order valence-electron chi connectivity index (χ2n) is 10.6. The Balaban J connectivity index is 0.00000235. The number of aromatic nitrogens is 3. The van der Waals surface area contributed by atoms with Gasteiger partial charge in [-0.15, -0.1) is 0 Å². The molecule has 242 valence electrons. The maximum atomic E-state index is 13.4. The molecule has 2 unspecified atom stereocenters. The van der Waals surface area contributed by atoms with E-state index >= 15 is 0 Å². The number of rotatable bonds is 10. The third-order valence-corrected chi connectivity index (χ3v) is 8.18. The highest BCUT2D eigenvalue weighted by Crippen LogP contribution is 2.25. The zero-order valence-electron chi connectivity index (χ0n) is 26.9. The van der Waals surface area contributed by atoms with Gasteiger partial charge in [-0.05, 0) is 61.5 Å². The van der Waals surface area contributed by atoms with E-state index < -0.39 is 6.04 Å². The summed E-state index contributed by atoms with van der Waals surface area (Å²) in [5, 5.41) is 9.84. The number of nitrogens with zero attached hydrogens (tertiary/aromatic N) is 5. The quantitative estimate of drug-likeness (QED) is 0.149. The van der Waals surface area contributed by atoms with E-state index in [1.807, 2.05) is 46.0 Å². The Kier molecular flexibility index (Phi) is 12.3. The minimum atomic E-state index is -0.446. The first kappa shape index (κ1) is 34.2. The molecule has 2 amide bonds. The predicted molar refractivity (Wildman–Crippen MR) is 182 cm³/mol. The minimum Gasteiger partial charge on any atom is -0.489 e. The fourth-order valence-corrected chi connectivity index (χ4v) is 6.04. The number of hydrogen-bond acceptors (Lipinski definition) is 9. The van der Waals surface area contributed by atoms with Gasteiger partial charge in [0.15, 0.2) is 5.62 Å². The van der Waals surface area contributed by atoms with Gasteiger partial charge in [-0.1, -0.05) is 32.1 Å². The first-order chi connectivity index (χ1) is 22.3. The van der Waals surface area contributed by atoms with Crippen LogP contribution in [0, 0.1) is 12.8 Å². The molecule has 0 saturated carbocycles. The van der Waals surface area contributed by atoms with E-state index in [2.05, 4.69) is 38.0 Å². The van der Waals surface area contributed by atoms with Crippen LogP contribution in [0.5, 0.6) is 5.75 Å². The van der Waals surface area contributed by atoms with Gasteiger partial charge < -0.3 is 24.9 Å². The molecule has 0 bridgehead atoms. The summed E-state index contributed by atoms with van der Waals surface area (Å²) in [4.78, 5) is 48.5. The zero-order chi connectivity index (χ0) is 33.1. The number of aryl methyl sites for hydroxylation is 2. The van der Waals surface area contributed by atoms with E-state index in [-0.39, 0.29) is 30.7 Å². The highest BCUT2D eigenvalue weighted by molar-refractivity contribution is 8.24. The summed E-state index contributed by atoms with van der Waals surface area (Å²) in [5.41, 5.74) is 6.52. The third-order valence-electron chi connectivity index (χ3n) is 7.45. The maximum Gasteiger partial charge on any atom is 0.251 e. The predicted octanol–water partition coefficient (Wildman–Crippen LogP) is 2.51. The SMILES string of the molecule is CC.CN/N=C(\SC=O)C1CN(C(=O)Cc2cn(C)cn2)CC1NC(=O)c1ccc(OCc2cc(C)nc3c2=CCC=CC=3)cc1. The lowest BCUT2D eigenvalue weighted by atomic mass is 10.0. The van der Waals surface area contributed by atoms with Crippen molar-refractivity contribution in [2.75, 3.05) is 20.1 Å². The molecule has 1 aromatic carbocycles. The van der Waals surface area contributed by atoms with E-state index in [9.17, 15) is 14.4 Å². The molecule has 5 rings (SSSR count). The highest BCUT2D eigenvalue weighted by atomic mass is 32.2. The van der Waals surface area contributed by atoms with Crippen LogP contribution in [0.3, 0.4) is 0 Å². The molecular weight excluding hydrogens is 602 g/mol. The van der Waals surface area contributed by atoms with E-state index in [4.69, 9.17) is 4.74 Å². The normalized spacial score (nSPS) is 17.0. The number of imidazole rings is 1. The lowest BCUT2D eigenvalue weighted by Crippen LogP contribution is -2.43. The number of hydrazone groups is 1. The lowest BCUT2D eigenvalue weighted by molar-refractivity contribution is -0.129. The number of thioether (sulfide) groups is 1. The van der Waals surface area contributed by atoms with Crippen LogP contribution in [0.1, 0.15) is 47.6 Å². The van der Waals surface area contributed by atoms with Crippen LogP contribution in [0.25, 0.3) is 12.2 Å². The molecule has 46 heavy (non-hydrogen) atoms. The summed E-state index contributed by atoms with van der Waals surface area (Å²) in [6.07, 6.45) is 12.7. The number of carbonyl (C=O) groups is 3. The molecule has 3 aromatic rings. The molecule has 11 nitrogen and oxygen atoms in total. The molecule has 1 aliphatic heterocycles. The molecule has 2 atom stereocenters. The Morgan fingerprint density at radius 1 is 1.20 bits per heavy atom. The number of nitrogens with one attached hydrogen (secondary N) is 2. The molecule has 3 heterocycles. The number of ether oxygens (including phenoxy) is 1. The average Bonchev–Trinajstić information content (AvgIpc) is 3.58. The molecular formula is C34H41N7O4S. The second kappa shape index (κ2) is 16.6. The van der Waals surface area contributed by atoms with Crippen LogP contribution in [-0.2, 0) is 29.7 Å². The van der Waals surface area contributed by atoms with Crippen LogP contribution >= 0.6 is 11.8 Å². The molecule has 1 fully saturated rings. The van der Waals surface area contributed by atoms with Crippen LogP contribution in [0.2, 0.25) is 0 Å². The number of amides is 2. The Bertz CT molecular complexity index is 1720. The van der Waals surface area contributed by atoms with Crippen LogP contribution in [-0.4, -0.2) is 68.1 Å². The number of hydrogen-bond donors (Lipinski definition) is 2. The average molecular weight is 644 g/mol. The van der Waals surface area contributed by atoms with Gasteiger partial charge in [0.1, 0.15) is 17.4 Å². The van der Waals surface area contributed by atoms with Crippen molar-refractivity contribution in [2.24, 2.45) is 18.1 Å². The number of fused-ring (bicyclic) bond motifs is 1. The Morgan fingerprint density at radius 2 is 1.98 bits per heavy atom. The van der Waals surface area contributed by atoms with E-state index in [1.165, 1.54) is 0 Å². The van der Waals surface area contributed by atoms with Gasteiger partial charge >= 0.3 is 0 Å². The third kappa shape index (κ3) is 8.72. The highest BCUT2D eigenvalue weighted by Gasteiger charge is 2.39. The van der Waals surface area contributed by atoms with Crippen molar-refractivity contribution in [1.29, 1.82) is 0 Å². The van der Waals surface area contributed by atoms with Crippen LogP contribution in [0.15, 0.2) is 60.1 Å². The van der Waals surface area contributed by atoms with Gasteiger partial charge in [0.2, 0.25) is 5.91 Å². The number of carbonyl (C=O) groups excluding carboxylic acids is 3. The van der Waals surface area contributed by atoms with Gasteiger partial charge in [0, 0.05) is 61.3 Å². The minimum absolute atomic E-state index is 0.111. The Morgan fingerprint density at radius 3 is 2.67 bits per heavy atom. The van der Waals surface area contributed by atoms with Crippen molar-refractivity contribution in [3.05, 3.63) is 88.1 Å². The topological polar surface area (TPSA) is 131 Å². The van der Waals surface area contributed by atoms with Crippen molar-refractivity contribution in [1.82, 2.24) is 30.2 Å². The second-order valence-corrected chi connectivity index (χ2v) is 11.5. The molecule has 2 aromatic heterocycles. The maximum absolute atomic E-state index is 13.4. The number of benzene rings is 1. The number of pyridine rings is 1. The summed E-state index contributed by atoms with van der Waals surface area (Å²) in [6.45, 7) is 6.93. The molecule has 12 heteroatoms. The first-order valence-electron chi connectivity index (χ1n) is 15.3. The van der Waals surface area contributed by atoms with Gasteiger partial charge in [-0.3, -0.25) is 19.4 Å². The number of allylic oxidation sites excluding steroid dienone is 2. The standard InChI is InChI=1S/C32H35N7O4S.C2H6/c1-21-13-23(26-7-5-4-6-8-28(26)35-21)18-43-25-11-9-22(10-12-25)31(42)36-29-17-39(16-27(29)32(37-33-2)44-20-40)30(41)14-24-15-38(3)19-34-24;1-2/h4,6-13,15,19-20,27,29,33H,5,14,16-18H2,1-3H3,(H,36,42);1-2H3/b37-32-;. The zero-order valence-corrected chi connectivity index (χ0v) is 27.7. The van der Waals surface area contributed by atoms with Crippen molar-refractivity contribution in [3.8, 4) is 5.75 Å². The van der Waals surface area contributed by atoms with Crippen LogP contribution in [0.4, 0.5) is 0 Å². The van der Waals surface area contributed by atoms with Crippen molar-refractivity contribution < 1.29 is 19.1 Å². The largest absolute Gasteiger partial charge is 0.489 e. The van der Waals surface area contributed by atoms with Gasteiger partial charge in [-0.25, -0.2) is 4.98 Å². The first-order valence-corrected chi connectivity index (χ1v) is 16.2. The van der Waals surface area contributed by atoms with Gasteiger partial charge in [-0.2, -0.15) is 5.10 Å². The lowest BCUT2D eigenvalue weighted by Gasteiger charge is -2.20.